The molecular weight excluding hydrogens is 142 g/mol. The minimum atomic E-state index is -0.416. The molecule has 0 spiro atoms. The zero-order chi connectivity index (χ0) is 8.10. The highest BCUT2D eigenvalue weighted by molar-refractivity contribution is 5.76. The lowest BCUT2D eigenvalue weighted by Gasteiger charge is -1.78. The number of rotatable bonds is 1. The maximum absolute atomic E-state index is 10.2. The second kappa shape index (κ2) is 3.47. The monoisotopic (exact) mass is 149 g/mol. The van der Waals surface area contributed by atoms with Crippen molar-refractivity contribution in [3.63, 3.8) is 0 Å². The van der Waals surface area contributed by atoms with Gasteiger partial charge in [-0.25, -0.2) is 0 Å². The van der Waals surface area contributed by atoms with Crippen molar-refractivity contribution in [3.8, 4) is 11.8 Å². The summed E-state index contributed by atoms with van der Waals surface area (Å²) in [5.41, 5.74) is 5.62. The Morgan fingerprint density at radius 3 is 3.09 bits per heavy atom. The van der Waals surface area contributed by atoms with Crippen LogP contribution in [0.25, 0.3) is 0 Å². The SMILES string of the molecule is NC(=O)CC#Cc1ccoc1. The van der Waals surface area contributed by atoms with Gasteiger partial charge in [-0.05, 0) is 6.07 Å². The van der Waals surface area contributed by atoms with E-state index in [0.29, 0.717) is 0 Å². The molecule has 1 aromatic rings. The molecule has 56 valence electrons. The first-order valence-electron chi connectivity index (χ1n) is 3.08. The molecule has 1 heterocycles. The van der Waals surface area contributed by atoms with Crippen molar-refractivity contribution in [2.45, 2.75) is 6.42 Å². The van der Waals surface area contributed by atoms with E-state index < -0.39 is 5.91 Å². The van der Waals surface area contributed by atoms with E-state index >= 15 is 0 Å². The van der Waals surface area contributed by atoms with E-state index in [2.05, 4.69) is 11.8 Å². The van der Waals surface area contributed by atoms with Crippen LogP contribution in [0.4, 0.5) is 0 Å². The summed E-state index contributed by atoms with van der Waals surface area (Å²) in [4.78, 5) is 10.2. The summed E-state index contributed by atoms with van der Waals surface area (Å²) in [6, 6.07) is 1.72. The van der Waals surface area contributed by atoms with Crippen LogP contribution >= 0.6 is 0 Å². The van der Waals surface area contributed by atoms with Crippen molar-refractivity contribution in [1.82, 2.24) is 0 Å². The third kappa shape index (κ3) is 2.59. The minimum Gasteiger partial charge on any atom is -0.471 e. The van der Waals surface area contributed by atoms with E-state index in [9.17, 15) is 4.79 Å². The second-order valence-corrected chi connectivity index (χ2v) is 1.96. The van der Waals surface area contributed by atoms with Gasteiger partial charge in [0.25, 0.3) is 0 Å². The summed E-state index contributed by atoms with van der Waals surface area (Å²) >= 11 is 0. The van der Waals surface area contributed by atoms with Gasteiger partial charge in [-0.2, -0.15) is 0 Å². The molecule has 1 aromatic heterocycles. The Morgan fingerprint density at radius 2 is 2.55 bits per heavy atom. The Balaban J connectivity index is 2.52. The number of carbonyl (C=O) groups excluding carboxylic acids is 1. The predicted octanol–water partition coefficient (Wildman–Crippen LogP) is 0.507. The van der Waals surface area contributed by atoms with Gasteiger partial charge in [0, 0.05) is 0 Å². The number of furan rings is 1. The molecule has 0 aliphatic heterocycles. The van der Waals surface area contributed by atoms with Gasteiger partial charge in [0.2, 0.25) is 5.91 Å². The van der Waals surface area contributed by atoms with Gasteiger partial charge < -0.3 is 10.2 Å². The van der Waals surface area contributed by atoms with Crippen LogP contribution in [0.5, 0.6) is 0 Å². The number of hydrogen-bond acceptors (Lipinski definition) is 2. The Morgan fingerprint density at radius 1 is 1.73 bits per heavy atom. The lowest BCUT2D eigenvalue weighted by atomic mass is 10.3. The highest BCUT2D eigenvalue weighted by atomic mass is 16.3. The van der Waals surface area contributed by atoms with Crippen LogP contribution in [-0.4, -0.2) is 5.91 Å². The average molecular weight is 149 g/mol. The van der Waals surface area contributed by atoms with Crippen molar-refractivity contribution in [2.75, 3.05) is 0 Å². The lowest BCUT2D eigenvalue weighted by molar-refractivity contribution is -0.117. The Labute approximate surface area is 64.2 Å². The first-order valence-corrected chi connectivity index (χ1v) is 3.08. The standard InChI is InChI=1S/C8H7NO2/c9-8(10)3-1-2-7-4-5-11-6-7/h4-6H,3H2,(H2,9,10). The zero-order valence-electron chi connectivity index (χ0n) is 5.83. The fourth-order valence-corrected chi connectivity index (χ4v) is 0.569. The molecule has 0 aliphatic rings. The van der Waals surface area contributed by atoms with Crippen LogP contribution in [0.2, 0.25) is 0 Å². The maximum Gasteiger partial charge on any atom is 0.229 e. The summed E-state index contributed by atoms with van der Waals surface area (Å²) in [5.74, 6) is 4.90. The molecule has 0 saturated carbocycles. The summed E-state index contributed by atoms with van der Waals surface area (Å²) in [6.45, 7) is 0. The summed E-state index contributed by atoms with van der Waals surface area (Å²) in [5, 5.41) is 0. The molecule has 2 N–H and O–H groups in total. The molecular formula is C8H7NO2. The first kappa shape index (κ1) is 7.42. The number of primary amides is 1. The van der Waals surface area contributed by atoms with Crippen molar-refractivity contribution in [2.24, 2.45) is 5.73 Å². The average Bonchev–Trinajstić information content (AvgIpc) is 2.39. The number of nitrogens with two attached hydrogens (primary N) is 1. The third-order valence-electron chi connectivity index (χ3n) is 1.02. The Hall–Kier alpha value is -1.69. The fourth-order valence-electron chi connectivity index (χ4n) is 0.569. The summed E-state index contributed by atoms with van der Waals surface area (Å²) < 4.78 is 4.75. The molecule has 0 saturated heterocycles. The van der Waals surface area contributed by atoms with Crippen LogP contribution in [-0.2, 0) is 4.79 Å². The third-order valence-corrected chi connectivity index (χ3v) is 1.02. The molecule has 1 rings (SSSR count). The summed E-state index contributed by atoms with van der Waals surface area (Å²) in [7, 11) is 0. The van der Waals surface area contributed by atoms with Gasteiger partial charge in [0.1, 0.15) is 6.26 Å². The van der Waals surface area contributed by atoms with Gasteiger partial charge >= 0.3 is 0 Å². The number of hydrogen-bond donors (Lipinski definition) is 1. The molecule has 0 unspecified atom stereocenters. The maximum atomic E-state index is 10.2. The van der Waals surface area contributed by atoms with E-state index in [1.54, 1.807) is 6.07 Å². The van der Waals surface area contributed by atoms with Gasteiger partial charge in [-0.3, -0.25) is 4.79 Å². The molecule has 0 bridgehead atoms. The van der Waals surface area contributed by atoms with Crippen molar-refractivity contribution >= 4 is 5.91 Å². The molecule has 0 fully saturated rings. The quantitative estimate of drug-likeness (QED) is 0.591. The summed E-state index contributed by atoms with van der Waals surface area (Å²) in [6.07, 6.45) is 3.12. The van der Waals surface area contributed by atoms with Crippen LogP contribution in [0.3, 0.4) is 0 Å². The highest BCUT2D eigenvalue weighted by Gasteiger charge is 1.87. The molecule has 3 nitrogen and oxygen atoms in total. The van der Waals surface area contributed by atoms with Crippen LogP contribution in [0.1, 0.15) is 12.0 Å². The minimum absolute atomic E-state index is 0.0885. The normalized spacial score (nSPS) is 8.36. The Kier molecular flexibility index (Phi) is 2.34. The van der Waals surface area contributed by atoms with Gasteiger partial charge in [-0.1, -0.05) is 11.8 Å². The lowest BCUT2D eigenvalue weighted by Crippen LogP contribution is -2.08. The van der Waals surface area contributed by atoms with Crippen molar-refractivity contribution in [3.05, 3.63) is 24.2 Å². The van der Waals surface area contributed by atoms with Crippen molar-refractivity contribution in [1.29, 1.82) is 0 Å². The topological polar surface area (TPSA) is 56.2 Å². The molecule has 0 aromatic carbocycles. The zero-order valence-corrected chi connectivity index (χ0v) is 5.83. The fraction of sp³-hybridized carbons (Fsp3) is 0.125. The Bertz CT molecular complexity index is 290. The van der Waals surface area contributed by atoms with E-state index in [1.807, 2.05) is 0 Å². The molecule has 0 aliphatic carbocycles. The first-order chi connectivity index (χ1) is 5.29. The predicted molar refractivity (Wildman–Crippen MR) is 39.4 cm³/mol. The van der Waals surface area contributed by atoms with E-state index in [0.717, 1.165) is 5.56 Å². The largest absolute Gasteiger partial charge is 0.471 e. The molecule has 0 radical (unpaired) electrons. The van der Waals surface area contributed by atoms with Crippen LogP contribution < -0.4 is 5.73 Å². The van der Waals surface area contributed by atoms with Crippen LogP contribution in [0.15, 0.2) is 23.0 Å². The van der Waals surface area contributed by atoms with Gasteiger partial charge in [0.15, 0.2) is 0 Å². The van der Waals surface area contributed by atoms with Gasteiger partial charge in [0.05, 0.1) is 18.2 Å². The van der Waals surface area contributed by atoms with E-state index in [1.165, 1.54) is 12.5 Å². The second-order valence-electron chi connectivity index (χ2n) is 1.96. The number of carbonyl (C=O) groups is 1. The smallest absolute Gasteiger partial charge is 0.229 e. The molecule has 1 amide bonds. The van der Waals surface area contributed by atoms with Gasteiger partial charge in [-0.15, -0.1) is 0 Å². The molecule has 0 atom stereocenters. The van der Waals surface area contributed by atoms with E-state index in [4.69, 9.17) is 10.2 Å². The molecule has 11 heavy (non-hydrogen) atoms. The number of amides is 1. The van der Waals surface area contributed by atoms with Crippen molar-refractivity contribution < 1.29 is 9.21 Å². The van der Waals surface area contributed by atoms with E-state index in [-0.39, 0.29) is 6.42 Å². The molecule has 3 heteroatoms. The highest BCUT2D eigenvalue weighted by Crippen LogP contribution is 1.95. The van der Waals surface area contributed by atoms with Crippen LogP contribution in [0, 0.1) is 11.8 Å².